The number of hydrogen-bond donors (Lipinski definition) is 0. The SMILES string of the molecule is CCC1(COCc2ccc(-c3ccc4c(c3)c3ccccc3n4-c3ccc(-c4ccc(-n5c6ccccc6c6cc(-c7ccc(COCC8(CC)COC8)cc7)ccc65)cc4)cc3)cc2)COC1. The lowest BCUT2D eigenvalue weighted by atomic mass is 9.84. The van der Waals surface area contributed by atoms with E-state index in [1.807, 2.05) is 0 Å². The molecule has 338 valence electrons. The van der Waals surface area contributed by atoms with Gasteiger partial charge in [-0.2, -0.15) is 0 Å². The Hall–Kier alpha value is -6.80. The van der Waals surface area contributed by atoms with Crippen LogP contribution in [0, 0.1) is 10.8 Å². The standard InChI is InChI=1S/C62H56N2O4/c1-3-61(39-67-40-61)37-65-35-43-13-17-47(18-14-43)49-25-31-59-55(33-49)53-9-5-7-11-57(53)63(59)51-27-21-45(22-28-51)46-23-29-52(30-24-46)64-58-12-8-6-10-54(58)56-34-50(26-32-60(56)64)48-19-15-44(16-20-48)36-66-38-62(4-2)41-68-42-62/h5-34H,3-4,35-42H2,1-2H3. The summed E-state index contributed by atoms with van der Waals surface area (Å²) in [5, 5.41) is 4.98. The van der Waals surface area contributed by atoms with Crippen LogP contribution in [-0.4, -0.2) is 48.8 Å². The Morgan fingerprint density at radius 1 is 0.382 bits per heavy atom. The fraction of sp³-hybridized carbons (Fsp3) is 0.226. The van der Waals surface area contributed by atoms with Gasteiger partial charge in [0, 0.05) is 43.7 Å². The molecule has 0 atom stereocenters. The minimum atomic E-state index is 0.197. The average Bonchev–Trinajstić information content (AvgIpc) is 3.88. The van der Waals surface area contributed by atoms with E-state index in [-0.39, 0.29) is 10.8 Å². The molecule has 2 fully saturated rings. The van der Waals surface area contributed by atoms with Gasteiger partial charge in [-0.25, -0.2) is 0 Å². The molecule has 2 saturated heterocycles. The van der Waals surface area contributed by atoms with Crippen LogP contribution in [0.5, 0.6) is 0 Å². The molecule has 2 aromatic heterocycles. The summed E-state index contributed by atoms with van der Waals surface area (Å²) in [6.45, 7) is 10.4. The van der Waals surface area contributed by atoms with E-state index in [1.165, 1.54) is 88.1 Å². The van der Waals surface area contributed by atoms with Crippen molar-refractivity contribution in [1.29, 1.82) is 0 Å². The molecule has 2 aliphatic rings. The Balaban J connectivity index is 0.775. The summed E-state index contributed by atoms with van der Waals surface area (Å²) >= 11 is 0. The van der Waals surface area contributed by atoms with E-state index in [4.69, 9.17) is 18.9 Å². The number of ether oxygens (including phenoxy) is 4. The second-order valence-corrected chi connectivity index (χ2v) is 19.3. The first kappa shape index (κ1) is 42.5. The summed E-state index contributed by atoms with van der Waals surface area (Å²) in [6.07, 6.45) is 2.18. The number of aromatic nitrogens is 2. The zero-order valence-corrected chi connectivity index (χ0v) is 38.9. The van der Waals surface area contributed by atoms with E-state index in [0.717, 1.165) is 63.9 Å². The predicted molar refractivity (Wildman–Crippen MR) is 278 cm³/mol. The highest BCUT2D eigenvalue weighted by atomic mass is 16.5. The average molecular weight is 893 g/mol. The van der Waals surface area contributed by atoms with Gasteiger partial charge in [-0.1, -0.05) is 135 Å². The van der Waals surface area contributed by atoms with E-state index in [2.05, 4.69) is 205 Å². The smallest absolute Gasteiger partial charge is 0.0717 e. The van der Waals surface area contributed by atoms with Crippen molar-refractivity contribution in [2.75, 3.05) is 39.6 Å². The summed E-state index contributed by atoms with van der Waals surface area (Å²) in [7, 11) is 0. The first-order valence-electron chi connectivity index (χ1n) is 24.3. The van der Waals surface area contributed by atoms with Gasteiger partial charge in [0.05, 0.1) is 74.9 Å². The van der Waals surface area contributed by atoms with Crippen LogP contribution in [0.1, 0.15) is 37.8 Å². The van der Waals surface area contributed by atoms with Gasteiger partial charge in [-0.15, -0.1) is 0 Å². The van der Waals surface area contributed by atoms with E-state index < -0.39 is 0 Å². The molecule has 68 heavy (non-hydrogen) atoms. The first-order valence-corrected chi connectivity index (χ1v) is 24.3. The third-order valence-corrected chi connectivity index (χ3v) is 15.0. The van der Waals surface area contributed by atoms with Crippen LogP contribution in [0.3, 0.4) is 0 Å². The molecule has 6 nitrogen and oxygen atoms in total. The monoisotopic (exact) mass is 892 g/mol. The van der Waals surface area contributed by atoms with E-state index in [9.17, 15) is 0 Å². The summed E-state index contributed by atoms with van der Waals surface area (Å²) in [5.41, 5.74) is 17.0. The second-order valence-electron chi connectivity index (χ2n) is 19.3. The third kappa shape index (κ3) is 7.72. The number of nitrogens with zero attached hydrogens (tertiary/aromatic N) is 2. The molecule has 0 radical (unpaired) electrons. The molecule has 0 spiro atoms. The second kappa shape index (κ2) is 17.7. The lowest BCUT2D eigenvalue weighted by Gasteiger charge is -2.40. The summed E-state index contributed by atoms with van der Waals surface area (Å²) in [6, 6.07) is 66.9. The van der Waals surface area contributed by atoms with Crippen LogP contribution < -0.4 is 0 Å². The van der Waals surface area contributed by atoms with Crippen molar-refractivity contribution in [3.63, 3.8) is 0 Å². The van der Waals surface area contributed by atoms with E-state index in [0.29, 0.717) is 13.2 Å². The van der Waals surface area contributed by atoms with Crippen molar-refractivity contribution in [1.82, 2.24) is 9.13 Å². The number of fused-ring (bicyclic) bond motifs is 6. The zero-order chi connectivity index (χ0) is 45.7. The predicted octanol–water partition coefficient (Wildman–Crippen LogP) is 14.8. The first-order chi connectivity index (χ1) is 33.5. The molecule has 0 unspecified atom stereocenters. The van der Waals surface area contributed by atoms with E-state index in [1.54, 1.807) is 0 Å². The lowest BCUT2D eigenvalue weighted by Crippen LogP contribution is -2.45. The van der Waals surface area contributed by atoms with Crippen LogP contribution in [0.25, 0.3) is 88.4 Å². The number of para-hydroxylation sites is 2. The highest BCUT2D eigenvalue weighted by molar-refractivity contribution is 6.11. The Morgan fingerprint density at radius 2 is 0.721 bits per heavy atom. The molecule has 0 saturated carbocycles. The Morgan fingerprint density at radius 3 is 1.09 bits per heavy atom. The van der Waals surface area contributed by atoms with Crippen molar-refractivity contribution in [3.8, 4) is 44.8 Å². The van der Waals surface area contributed by atoms with Gasteiger partial charge in [-0.3, -0.25) is 0 Å². The highest BCUT2D eigenvalue weighted by Gasteiger charge is 2.37. The van der Waals surface area contributed by atoms with Crippen LogP contribution >= 0.6 is 0 Å². The topological polar surface area (TPSA) is 46.8 Å². The van der Waals surface area contributed by atoms with Crippen molar-refractivity contribution >= 4 is 43.6 Å². The highest BCUT2D eigenvalue weighted by Crippen LogP contribution is 2.39. The largest absolute Gasteiger partial charge is 0.380 e. The Kier molecular flexibility index (Phi) is 11.1. The van der Waals surface area contributed by atoms with Crippen molar-refractivity contribution in [3.05, 3.63) is 193 Å². The maximum Gasteiger partial charge on any atom is 0.0717 e. The van der Waals surface area contributed by atoms with Gasteiger partial charge < -0.3 is 28.1 Å². The third-order valence-electron chi connectivity index (χ3n) is 15.0. The molecule has 6 heteroatoms. The molecule has 0 amide bonds. The van der Waals surface area contributed by atoms with Crippen molar-refractivity contribution in [2.24, 2.45) is 10.8 Å². The van der Waals surface area contributed by atoms with Gasteiger partial charge in [0.2, 0.25) is 0 Å². The molecule has 10 aromatic rings. The normalized spacial score (nSPS) is 15.3. The van der Waals surface area contributed by atoms with Crippen LogP contribution in [0.15, 0.2) is 182 Å². The minimum Gasteiger partial charge on any atom is -0.380 e. The van der Waals surface area contributed by atoms with Gasteiger partial charge in [-0.05, 0) is 118 Å². The summed E-state index contributed by atoms with van der Waals surface area (Å²) in [4.78, 5) is 0. The molecule has 12 rings (SSSR count). The quantitative estimate of drug-likeness (QED) is 0.103. The molecule has 8 aromatic carbocycles. The number of rotatable bonds is 15. The number of benzene rings is 8. The van der Waals surface area contributed by atoms with Gasteiger partial charge >= 0.3 is 0 Å². The lowest BCUT2D eigenvalue weighted by molar-refractivity contribution is -0.152. The van der Waals surface area contributed by atoms with Gasteiger partial charge in [0.15, 0.2) is 0 Å². The molecule has 0 bridgehead atoms. The summed E-state index contributed by atoms with van der Waals surface area (Å²) in [5.74, 6) is 0. The van der Waals surface area contributed by atoms with Crippen LogP contribution in [-0.2, 0) is 32.2 Å². The molecule has 0 N–H and O–H groups in total. The van der Waals surface area contributed by atoms with Crippen LogP contribution in [0.2, 0.25) is 0 Å². The van der Waals surface area contributed by atoms with Crippen molar-refractivity contribution < 1.29 is 18.9 Å². The summed E-state index contributed by atoms with van der Waals surface area (Å²) < 4.78 is 28.0. The molecule has 4 heterocycles. The maximum atomic E-state index is 6.13. The van der Waals surface area contributed by atoms with Gasteiger partial charge in [0.1, 0.15) is 0 Å². The molecular weight excluding hydrogens is 837 g/mol. The molecule has 0 aliphatic carbocycles. The Labute approximate surface area is 398 Å². The van der Waals surface area contributed by atoms with Gasteiger partial charge in [0.25, 0.3) is 0 Å². The van der Waals surface area contributed by atoms with Crippen molar-refractivity contribution in [2.45, 2.75) is 39.9 Å². The fourth-order valence-corrected chi connectivity index (χ4v) is 10.4. The zero-order valence-electron chi connectivity index (χ0n) is 38.9. The van der Waals surface area contributed by atoms with Crippen LogP contribution in [0.4, 0.5) is 0 Å². The van der Waals surface area contributed by atoms with E-state index >= 15 is 0 Å². The Bertz CT molecular complexity index is 3170. The minimum absolute atomic E-state index is 0.197. The molecular formula is C62H56N2O4. The fourth-order valence-electron chi connectivity index (χ4n) is 10.4. The maximum absolute atomic E-state index is 6.13. The molecule has 2 aliphatic heterocycles. The number of hydrogen-bond acceptors (Lipinski definition) is 4.